The minimum absolute atomic E-state index is 0.221. The molecule has 7 nitrogen and oxygen atoms in total. The summed E-state index contributed by atoms with van der Waals surface area (Å²) in [6.07, 6.45) is 2.10. The van der Waals surface area contributed by atoms with Crippen LogP contribution in [-0.2, 0) is 4.79 Å². The molecule has 0 unspecified atom stereocenters. The summed E-state index contributed by atoms with van der Waals surface area (Å²) in [7, 11) is 0. The van der Waals surface area contributed by atoms with Crippen LogP contribution in [0.15, 0.2) is 76.4 Å². The fourth-order valence-corrected chi connectivity index (χ4v) is 3.36. The summed E-state index contributed by atoms with van der Waals surface area (Å²) in [4.78, 5) is 24.5. The van der Waals surface area contributed by atoms with Crippen molar-refractivity contribution in [3.8, 4) is 5.75 Å². The van der Waals surface area contributed by atoms with E-state index in [2.05, 4.69) is 5.10 Å². The van der Waals surface area contributed by atoms with Crippen molar-refractivity contribution in [3.05, 3.63) is 89.4 Å². The second kappa shape index (κ2) is 8.24. The maximum Gasteiger partial charge on any atom is 0.281 e. The van der Waals surface area contributed by atoms with Crippen LogP contribution in [0.1, 0.15) is 39.7 Å². The Morgan fingerprint density at radius 2 is 1.90 bits per heavy atom. The highest BCUT2D eigenvalue weighted by Gasteiger charge is 2.35. The van der Waals surface area contributed by atoms with E-state index in [1.165, 1.54) is 5.01 Å². The summed E-state index contributed by atoms with van der Waals surface area (Å²) >= 11 is 0. The molecular formula is C23H21N3O4. The fourth-order valence-electron chi connectivity index (χ4n) is 3.36. The number of amides is 2. The van der Waals surface area contributed by atoms with Crippen molar-refractivity contribution in [3.63, 3.8) is 0 Å². The van der Waals surface area contributed by atoms with Crippen molar-refractivity contribution in [2.45, 2.75) is 19.4 Å². The lowest BCUT2D eigenvalue weighted by Crippen LogP contribution is -2.31. The van der Waals surface area contributed by atoms with E-state index in [1.54, 1.807) is 36.6 Å². The number of benzene rings is 2. The van der Waals surface area contributed by atoms with Crippen molar-refractivity contribution in [1.29, 1.82) is 0 Å². The van der Waals surface area contributed by atoms with E-state index in [-0.39, 0.29) is 29.9 Å². The van der Waals surface area contributed by atoms with Crippen LogP contribution in [0.3, 0.4) is 0 Å². The predicted octanol–water partition coefficient (Wildman–Crippen LogP) is 3.44. The van der Waals surface area contributed by atoms with Crippen molar-refractivity contribution in [1.82, 2.24) is 5.01 Å². The third-order valence-electron chi connectivity index (χ3n) is 4.93. The van der Waals surface area contributed by atoms with Crippen molar-refractivity contribution >= 4 is 17.5 Å². The number of furan rings is 1. The maximum atomic E-state index is 13.0. The lowest BCUT2D eigenvalue weighted by molar-refractivity contribution is -0.135. The number of ether oxygens (including phenoxy) is 1. The molecule has 152 valence electrons. The van der Waals surface area contributed by atoms with Crippen LogP contribution < -0.4 is 10.5 Å². The predicted molar refractivity (Wildman–Crippen MR) is 111 cm³/mol. The summed E-state index contributed by atoms with van der Waals surface area (Å²) in [5.74, 6) is -0.0632. The minimum atomic E-state index is -0.618. The molecule has 2 N–H and O–H groups in total. The van der Waals surface area contributed by atoms with Crippen molar-refractivity contribution < 1.29 is 18.7 Å². The largest absolute Gasteiger partial charge is 0.483 e. The minimum Gasteiger partial charge on any atom is -0.483 e. The summed E-state index contributed by atoms with van der Waals surface area (Å²) < 4.78 is 11.1. The highest BCUT2D eigenvalue weighted by molar-refractivity contribution is 6.03. The Balaban J connectivity index is 1.56. The first kappa shape index (κ1) is 19.4. The van der Waals surface area contributed by atoms with Crippen LogP contribution >= 0.6 is 0 Å². The summed E-state index contributed by atoms with van der Waals surface area (Å²) in [6, 6.07) is 17.8. The number of rotatable bonds is 6. The zero-order chi connectivity index (χ0) is 21.1. The summed E-state index contributed by atoms with van der Waals surface area (Å²) in [5.41, 5.74) is 8.49. The second-order valence-electron chi connectivity index (χ2n) is 7.04. The van der Waals surface area contributed by atoms with Gasteiger partial charge in [-0.3, -0.25) is 9.59 Å². The molecule has 2 amide bonds. The molecule has 7 heteroatoms. The smallest absolute Gasteiger partial charge is 0.281 e. The first-order chi connectivity index (χ1) is 14.5. The molecule has 1 aliphatic heterocycles. The maximum absolute atomic E-state index is 13.0. The van der Waals surface area contributed by atoms with E-state index < -0.39 is 5.91 Å². The van der Waals surface area contributed by atoms with Crippen LogP contribution in [0.4, 0.5) is 0 Å². The summed E-state index contributed by atoms with van der Waals surface area (Å²) in [5, 5.41) is 5.95. The Hall–Kier alpha value is -3.87. The Morgan fingerprint density at radius 3 is 2.60 bits per heavy atom. The molecule has 0 spiro atoms. The third-order valence-corrected chi connectivity index (χ3v) is 4.93. The van der Waals surface area contributed by atoms with Gasteiger partial charge in [-0.1, -0.05) is 42.0 Å². The zero-order valence-electron chi connectivity index (χ0n) is 16.4. The van der Waals surface area contributed by atoms with Gasteiger partial charge in [-0.25, -0.2) is 5.01 Å². The normalized spacial score (nSPS) is 15.7. The number of para-hydroxylation sites is 1. The average molecular weight is 403 g/mol. The second-order valence-corrected chi connectivity index (χ2v) is 7.04. The van der Waals surface area contributed by atoms with Crippen molar-refractivity contribution in [2.24, 2.45) is 10.8 Å². The van der Waals surface area contributed by atoms with E-state index in [0.717, 1.165) is 16.8 Å². The van der Waals surface area contributed by atoms with Gasteiger partial charge in [0.25, 0.3) is 11.8 Å². The fraction of sp³-hybridized carbons (Fsp3) is 0.174. The third kappa shape index (κ3) is 3.96. The number of hydrazone groups is 1. The van der Waals surface area contributed by atoms with E-state index in [4.69, 9.17) is 14.9 Å². The lowest BCUT2D eigenvalue weighted by atomic mass is 10.0. The Morgan fingerprint density at radius 1 is 1.13 bits per heavy atom. The molecule has 4 rings (SSSR count). The quantitative estimate of drug-likeness (QED) is 0.682. The van der Waals surface area contributed by atoms with Gasteiger partial charge in [0.05, 0.1) is 17.5 Å². The van der Waals surface area contributed by atoms with Gasteiger partial charge in [0.1, 0.15) is 17.6 Å². The average Bonchev–Trinajstić information content (AvgIpc) is 3.42. The molecule has 2 aromatic carbocycles. The van der Waals surface area contributed by atoms with Gasteiger partial charge in [0.2, 0.25) is 0 Å². The van der Waals surface area contributed by atoms with Gasteiger partial charge >= 0.3 is 0 Å². The Kier molecular flexibility index (Phi) is 5.34. The molecule has 0 aliphatic carbocycles. The molecule has 1 atom stereocenters. The molecule has 1 aromatic heterocycles. The first-order valence-corrected chi connectivity index (χ1v) is 9.54. The molecule has 0 saturated heterocycles. The number of hydrogen-bond acceptors (Lipinski definition) is 5. The number of aryl methyl sites for hydroxylation is 1. The van der Waals surface area contributed by atoms with E-state index in [9.17, 15) is 9.59 Å². The molecule has 0 saturated carbocycles. The number of hydrogen-bond donors (Lipinski definition) is 1. The molecule has 1 aliphatic rings. The molecule has 2 heterocycles. The number of nitrogens with zero attached hydrogens (tertiary/aromatic N) is 2. The highest BCUT2D eigenvalue weighted by Crippen LogP contribution is 2.33. The number of carbonyl (C=O) groups excluding carboxylic acids is 2. The van der Waals surface area contributed by atoms with Crippen molar-refractivity contribution in [2.75, 3.05) is 6.61 Å². The molecule has 30 heavy (non-hydrogen) atoms. The van der Waals surface area contributed by atoms with Gasteiger partial charge in [-0.05, 0) is 36.8 Å². The Labute approximate surface area is 173 Å². The van der Waals surface area contributed by atoms with Crippen LogP contribution in [0.25, 0.3) is 0 Å². The molecular weight excluding hydrogens is 382 g/mol. The standard InChI is InChI=1S/C23H21N3O4/c1-15-8-10-16(11-9-15)18-13-19(21-7-4-12-29-21)26(25-18)22(27)14-30-20-6-3-2-5-17(20)23(24)28/h2-12,19H,13-14H2,1H3,(H2,24,28)/t19-/m0/s1. The molecule has 0 bridgehead atoms. The van der Waals surface area contributed by atoms with Gasteiger partial charge in [-0.15, -0.1) is 0 Å². The van der Waals surface area contributed by atoms with Gasteiger partial charge < -0.3 is 14.9 Å². The number of primary amides is 1. The first-order valence-electron chi connectivity index (χ1n) is 9.54. The van der Waals surface area contributed by atoms with E-state index >= 15 is 0 Å². The van der Waals surface area contributed by atoms with Crippen LogP contribution in [-0.4, -0.2) is 29.1 Å². The molecule has 3 aromatic rings. The van der Waals surface area contributed by atoms with Crippen LogP contribution in [0.2, 0.25) is 0 Å². The number of carbonyl (C=O) groups is 2. The number of nitrogens with two attached hydrogens (primary N) is 1. The van der Waals surface area contributed by atoms with Crippen LogP contribution in [0.5, 0.6) is 5.75 Å². The topological polar surface area (TPSA) is 98.1 Å². The monoisotopic (exact) mass is 403 g/mol. The highest BCUT2D eigenvalue weighted by atomic mass is 16.5. The van der Waals surface area contributed by atoms with E-state index in [1.807, 2.05) is 37.3 Å². The lowest BCUT2D eigenvalue weighted by Gasteiger charge is -2.20. The van der Waals surface area contributed by atoms with E-state index in [0.29, 0.717) is 12.2 Å². The molecule has 0 fully saturated rings. The molecule has 0 radical (unpaired) electrons. The SMILES string of the molecule is Cc1ccc(C2=NN(C(=O)COc3ccccc3C(N)=O)[C@H](c3ccco3)C2)cc1. The summed E-state index contributed by atoms with van der Waals surface area (Å²) in [6.45, 7) is 1.73. The van der Waals surface area contributed by atoms with Gasteiger partial charge in [0.15, 0.2) is 6.61 Å². The van der Waals surface area contributed by atoms with Gasteiger partial charge in [-0.2, -0.15) is 5.10 Å². The zero-order valence-corrected chi connectivity index (χ0v) is 16.4. The van der Waals surface area contributed by atoms with Gasteiger partial charge in [0, 0.05) is 6.42 Å². The Bertz CT molecular complexity index is 1090. The van der Waals surface area contributed by atoms with Crippen LogP contribution in [0, 0.1) is 6.92 Å².